The number of amides is 2. The van der Waals surface area contributed by atoms with Gasteiger partial charge < -0.3 is 15.0 Å². The maximum Gasteiger partial charge on any atom is 0.226 e. The number of nitrogens with one attached hydrogen (secondary N) is 1. The number of aromatic nitrogens is 2. The van der Waals surface area contributed by atoms with E-state index in [0.29, 0.717) is 18.9 Å². The zero-order chi connectivity index (χ0) is 22.8. The summed E-state index contributed by atoms with van der Waals surface area (Å²) in [5.41, 5.74) is 2.76. The zero-order valence-corrected chi connectivity index (χ0v) is 19.4. The maximum absolute atomic E-state index is 12.7. The Bertz CT molecular complexity index is 917. The molecule has 31 heavy (non-hydrogen) atoms. The molecule has 1 fully saturated rings. The highest BCUT2D eigenvalue weighted by molar-refractivity contribution is 5.93. The van der Waals surface area contributed by atoms with E-state index < -0.39 is 0 Å². The van der Waals surface area contributed by atoms with Crippen molar-refractivity contribution < 1.29 is 14.3 Å². The number of nitrogens with zero attached hydrogens (tertiary/aromatic N) is 3. The van der Waals surface area contributed by atoms with Crippen molar-refractivity contribution in [2.75, 3.05) is 18.4 Å². The van der Waals surface area contributed by atoms with Crippen LogP contribution in [0.4, 0.5) is 5.82 Å². The molecule has 0 radical (unpaired) electrons. The molecule has 7 nitrogen and oxygen atoms in total. The van der Waals surface area contributed by atoms with E-state index in [0.717, 1.165) is 16.9 Å². The van der Waals surface area contributed by atoms with Crippen molar-refractivity contribution in [1.82, 2.24) is 14.7 Å². The number of hydrogen-bond donors (Lipinski definition) is 1. The van der Waals surface area contributed by atoms with Gasteiger partial charge in [-0.1, -0.05) is 38.5 Å². The summed E-state index contributed by atoms with van der Waals surface area (Å²) in [4.78, 5) is 27.0. The van der Waals surface area contributed by atoms with E-state index in [1.165, 1.54) is 0 Å². The second-order valence-electron chi connectivity index (χ2n) is 9.52. The molecule has 2 amide bonds. The standard InChI is InChI=1S/C24H34N4O3/c1-16-7-9-19(10-8-16)28-21(13-20(26-28)24(4,5)6)25-22(29)11-12-23(30)27-14-17(2)31-18(3)15-27/h7-10,13,17-18H,11-12,14-15H2,1-6H3,(H,25,29)/t17-,18+. The SMILES string of the molecule is Cc1ccc(-n2nc(C(C)(C)C)cc2NC(=O)CCC(=O)N2C[C@@H](C)O[C@@H](C)C2)cc1. The lowest BCUT2D eigenvalue weighted by Gasteiger charge is -2.35. The number of aryl methyl sites for hydroxylation is 1. The molecule has 3 rings (SSSR count). The van der Waals surface area contributed by atoms with Gasteiger partial charge in [0.2, 0.25) is 11.8 Å². The van der Waals surface area contributed by atoms with E-state index in [1.54, 1.807) is 9.58 Å². The maximum atomic E-state index is 12.7. The quantitative estimate of drug-likeness (QED) is 0.788. The smallest absolute Gasteiger partial charge is 0.226 e. The van der Waals surface area contributed by atoms with Crippen molar-refractivity contribution in [2.45, 2.75) is 72.0 Å². The predicted octanol–water partition coefficient (Wildman–Crippen LogP) is 3.83. The molecule has 168 valence electrons. The minimum Gasteiger partial charge on any atom is -0.372 e. The fourth-order valence-corrected chi connectivity index (χ4v) is 3.68. The van der Waals surface area contributed by atoms with Crippen molar-refractivity contribution >= 4 is 17.6 Å². The van der Waals surface area contributed by atoms with Crippen LogP contribution in [0, 0.1) is 6.92 Å². The fraction of sp³-hybridized carbons (Fsp3) is 0.542. The first-order valence-corrected chi connectivity index (χ1v) is 10.9. The summed E-state index contributed by atoms with van der Waals surface area (Å²) in [5.74, 6) is 0.399. The molecule has 0 aliphatic carbocycles. The molecule has 0 spiro atoms. The molecular weight excluding hydrogens is 392 g/mol. The average Bonchev–Trinajstić information content (AvgIpc) is 3.10. The number of benzene rings is 1. The lowest BCUT2D eigenvalue weighted by Crippen LogP contribution is -2.48. The van der Waals surface area contributed by atoms with Gasteiger partial charge in [0.1, 0.15) is 5.82 Å². The van der Waals surface area contributed by atoms with Crippen LogP contribution in [-0.4, -0.2) is 51.8 Å². The number of morpholine rings is 1. The molecule has 1 aliphatic rings. The third kappa shape index (κ3) is 5.94. The van der Waals surface area contributed by atoms with E-state index in [1.807, 2.05) is 51.1 Å². The van der Waals surface area contributed by atoms with Crippen molar-refractivity contribution in [1.29, 1.82) is 0 Å². The van der Waals surface area contributed by atoms with Crippen LogP contribution >= 0.6 is 0 Å². The second-order valence-corrected chi connectivity index (χ2v) is 9.52. The topological polar surface area (TPSA) is 76.5 Å². The van der Waals surface area contributed by atoms with Gasteiger partial charge in [-0.2, -0.15) is 5.10 Å². The van der Waals surface area contributed by atoms with Gasteiger partial charge in [0, 0.05) is 37.4 Å². The van der Waals surface area contributed by atoms with Crippen LogP contribution in [0.5, 0.6) is 0 Å². The van der Waals surface area contributed by atoms with Crippen LogP contribution in [0.1, 0.15) is 58.7 Å². The highest BCUT2D eigenvalue weighted by Gasteiger charge is 2.26. The first kappa shape index (κ1) is 23.0. The molecule has 1 aromatic carbocycles. The van der Waals surface area contributed by atoms with Crippen LogP contribution < -0.4 is 5.32 Å². The highest BCUT2D eigenvalue weighted by atomic mass is 16.5. The summed E-state index contributed by atoms with van der Waals surface area (Å²) < 4.78 is 7.44. The minimum atomic E-state index is -0.198. The molecule has 7 heteroatoms. The predicted molar refractivity (Wildman–Crippen MR) is 121 cm³/mol. The number of carbonyl (C=O) groups is 2. The first-order chi connectivity index (χ1) is 14.5. The molecule has 0 bridgehead atoms. The van der Waals surface area contributed by atoms with Crippen LogP contribution in [0.3, 0.4) is 0 Å². The highest BCUT2D eigenvalue weighted by Crippen LogP contribution is 2.26. The van der Waals surface area contributed by atoms with Crippen LogP contribution in [0.2, 0.25) is 0 Å². The monoisotopic (exact) mass is 426 g/mol. The molecule has 0 saturated carbocycles. The van der Waals surface area contributed by atoms with Gasteiger partial charge in [0.25, 0.3) is 0 Å². The van der Waals surface area contributed by atoms with Gasteiger partial charge in [0.05, 0.1) is 23.6 Å². The van der Waals surface area contributed by atoms with Crippen molar-refractivity contribution in [2.24, 2.45) is 0 Å². The number of ether oxygens (including phenoxy) is 1. The Kier molecular flexibility index (Phi) is 6.84. The van der Waals surface area contributed by atoms with E-state index >= 15 is 0 Å². The average molecular weight is 427 g/mol. The summed E-state index contributed by atoms with van der Waals surface area (Å²) in [5, 5.41) is 7.69. The van der Waals surface area contributed by atoms with Crippen molar-refractivity contribution in [3.05, 3.63) is 41.6 Å². The molecule has 0 unspecified atom stereocenters. The van der Waals surface area contributed by atoms with E-state index in [4.69, 9.17) is 9.84 Å². The minimum absolute atomic E-state index is 0.0143. The molecule has 2 aromatic rings. The number of rotatable bonds is 5. The Labute approximate surface area is 184 Å². The Morgan fingerprint density at radius 3 is 2.29 bits per heavy atom. The van der Waals surface area contributed by atoms with Gasteiger partial charge in [-0.15, -0.1) is 0 Å². The number of anilines is 1. The van der Waals surface area contributed by atoms with E-state index in [9.17, 15) is 9.59 Å². The lowest BCUT2D eigenvalue weighted by atomic mass is 9.92. The second kappa shape index (κ2) is 9.22. The fourth-order valence-electron chi connectivity index (χ4n) is 3.68. The third-order valence-corrected chi connectivity index (χ3v) is 5.36. The molecule has 1 saturated heterocycles. The Hall–Kier alpha value is -2.67. The number of hydrogen-bond acceptors (Lipinski definition) is 4. The molecule has 1 aromatic heterocycles. The summed E-state index contributed by atoms with van der Waals surface area (Å²) in [7, 11) is 0. The van der Waals surface area contributed by atoms with Crippen molar-refractivity contribution in [3.63, 3.8) is 0 Å². The largest absolute Gasteiger partial charge is 0.372 e. The van der Waals surface area contributed by atoms with E-state index in [-0.39, 0.29) is 42.3 Å². The van der Waals surface area contributed by atoms with Gasteiger partial charge >= 0.3 is 0 Å². The summed E-state index contributed by atoms with van der Waals surface area (Å²) >= 11 is 0. The van der Waals surface area contributed by atoms with Gasteiger partial charge in [-0.25, -0.2) is 4.68 Å². The normalized spacial score (nSPS) is 19.4. The first-order valence-electron chi connectivity index (χ1n) is 10.9. The molecule has 1 N–H and O–H groups in total. The van der Waals surface area contributed by atoms with Crippen molar-refractivity contribution in [3.8, 4) is 5.69 Å². The van der Waals surface area contributed by atoms with Gasteiger partial charge in [-0.3, -0.25) is 9.59 Å². The summed E-state index contributed by atoms with van der Waals surface area (Å²) in [6.45, 7) is 13.3. The van der Waals surface area contributed by atoms with Crippen LogP contribution in [0.25, 0.3) is 5.69 Å². The van der Waals surface area contributed by atoms with E-state index in [2.05, 4.69) is 26.1 Å². The van der Waals surface area contributed by atoms with Crippen LogP contribution in [0.15, 0.2) is 30.3 Å². The molecule has 2 atom stereocenters. The number of carbonyl (C=O) groups excluding carboxylic acids is 2. The zero-order valence-electron chi connectivity index (χ0n) is 19.4. The Morgan fingerprint density at radius 1 is 1.10 bits per heavy atom. The van der Waals surface area contributed by atoms with Gasteiger partial charge in [-0.05, 0) is 32.9 Å². The Balaban J connectivity index is 1.69. The van der Waals surface area contributed by atoms with Crippen LogP contribution in [-0.2, 0) is 19.7 Å². The van der Waals surface area contributed by atoms with Gasteiger partial charge in [0.15, 0.2) is 0 Å². The lowest BCUT2D eigenvalue weighted by molar-refractivity contribution is -0.144. The molecule has 1 aliphatic heterocycles. The molecule has 2 heterocycles. The summed E-state index contributed by atoms with van der Waals surface area (Å²) in [6, 6.07) is 9.90. The molecular formula is C24H34N4O3. The third-order valence-electron chi connectivity index (χ3n) is 5.36. The Morgan fingerprint density at radius 2 is 1.71 bits per heavy atom. The summed E-state index contributed by atoms with van der Waals surface area (Å²) in [6.07, 6.45) is 0.335.